The smallest absolute Gasteiger partial charge is 0.224 e. The van der Waals surface area contributed by atoms with Crippen molar-refractivity contribution in [1.82, 2.24) is 0 Å². The fourth-order valence-corrected chi connectivity index (χ4v) is 2.00. The molecule has 0 radical (unpaired) electrons. The van der Waals surface area contributed by atoms with Crippen molar-refractivity contribution in [3.05, 3.63) is 90.7 Å². The summed E-state index contributed by atoms with van der Waals surface area (Å²) in [5, 5.41) is 18.7. The molecule has 2 aromatic carbocycles. The molecule has 0 bridgehead atoms. The largest absolute Gasteiger partial charge is 0.497 e. The van der Waals surface area contributed by atoms with E-state index in [1.807, 2.05) is 26.0 Å². The van der Waals surface area contributed by atoms with E-state index in [-0.39, 0.29) is 5.75 Å². The second-order valence-corrected chi connectivity index (χ2v) is 5.18. The molecule has 144 valence electrons. The van der Waals surface area contributed by atoms with Gasteiger partial charge in [0.2, 0.25) is 6.29 Å². The highest BCUT2D eigenvalue weighted by molar-refractivity contribution is 5.72. The van der Waals surface area contributed by atoms with Crippen LogP contribution in [0.4, 0.5) is 0 Å². The zero-order valence-electron chi connectivity index (χ0n) is 15.9. The first-order valence-electron chi connectivity index (χ1n) is 8.50. The van der Waals surface area contributed by atoms with Crippen LogP contribution in [0.5, 0.6) is 11.5 Å². The van der Waals surface area contributed by atoms with Crippen molar-refractivity contribution >= 4 is 5.57 Å². The zero-order valence-corrected chi connectivity index (χ0v) is 15.9. The zero-order chi connectivity index (χ0) is 20.2. The number of allylic oxidation sites excluding steroid dienone is 3. The topological polar surface area (TPSA) is 68.2 Å². The first-order valence-corrected chi connectivity index (χ1v) is 8.50. The van der Waals surface area contributed by atoms with E-state index in [1.54, 1.807) is 43.5 Å². The van der Waals surface area contributed by atoms with Gasteiger partial charge in [0.15, 0.2) is 5.75 Å². The molecular weight excluding hydrogens is 344 g/mol. The third-order valence-electron chi connectivity index (χ3n) is 3.48. The molecule has 0 saturated heterocycles. The molecule has 0 aromatic heterocycles. The van der Waals surface area contributed by atoms with Gasteiger partial charge in [-0.15, -0.1) is 0 Å². The van der Waals surface area contributed by atoms with E-state index >= 15 is 0 Å². The summed E-state index contributed by atoms with van der Waals surface area (Å²) in [6, 6.07) is 13.4. The number of benzene rings is 2. The number of aliphatic hydroxyl groups excluding tert-OH is 1. The number of methoxy groups -OCH3 is 1. The molecule has 5 heteroatoms. The number of hydrogen-bond donors (Lipinski definition) is 2. The molecule has 2 N–H and O–H groups in total. The van der Waals surface area contributed by atoms with Crippen LogP contribution in [0.25, 0.3) is 5.57 Å². The molecule has 0 heterocycles. The molecule has 0 aliphatic heterocycles. The quantitative estimate of drug-likeness (QED) is 0.215. The Labute approximate surface area is 160 Å². The van der Waals surface area contributed by atoms with Gasteiger partial charge in [0, 0.05) is 5.56 Å². The molecule has 1 atom stereocenters. The summed E-state index contributed by atoms with van der Waals surface area (Å²) in [4.78, 5) is 4.09. The van der Waals surface area contributed by atoms with Crippen molar-refractivity contribution < 1.29 is 24.7 Å². The Morgan fingerprint density at radius 1 is 0.926 bits per heavy atom. The average Bonchev–Trinajstić information content (AvgIpc) is 2.73. The fourth-order valence-electron chi connectivity index (χ4n) is 2.00. The summed E-state index contributed by atoms with van der Waals surface area (Å²) >= 11 is 0. The van der Waals surface area contributed by atoms with Crippen LogP contribution in [-0.2, 0) is 4.74 Å². The summed E-state index contributed by atoms with van der Waals surface area (Å²) in [7, 11) is 1.55. The van der Waals surface area contributed by atoms with E-state index in [1.165, 1.54) is 12.1 Å². The number of aliphatic hydroxyl groups is 1. The van der Waals surface area contributed by atoms with Gasteiger partial charge in [-0.25, -0.2) is 5.26 Å². The van der Waals surface area contributed by atoms with E-state index in [9.17, 15) is 5.11 Å². The highest BCUT2D eigenvalue weighted by atomic mass is 17.1. The van der Waals surface area contributed by atoms with E-state index < -0.39 is 6.29 Å². The van der Waals surface area contributed by atoms with Crippen molar-refractivity contribution in [3.63, 3.8) is 0 Å². The van der Waals surface area contributed by atoms with Crippen LogP contribution >= 0.6 is 0 Å². The molecule has 5 nitrogen and oxygen atoms in total. The SMILES string of the molecule is C=C(/C=C\C(=C)c1ccc(C(O)Oc2ccc(OO)cc2)cc1)OC.CC. The van der Waals surface area contributed by atoms with Gasteiger partial charge < -0.3 is 19.5 Å². The Bertz CT molecular complexity index is 745. The number of ether oxygens (including phenoxy) is 2. The molecule has 0 amide bonds. The Morgan fingerprint density at radius 2 is 1.48 bits per heavy atom. The summed E-state index contributed by atoms with van der Waals surface area (Å²) < 4.78 is 10.4. The second-order valence-electron chi connectivity index (χ2n) is 5.18. The minimum absolute atomic E-state index is 0.286. The summed E-state index contributed by atoms with van der Waals surface area (Å²) in [6.45, 7) is 11.7. The van der Waals surface area contributed by atoms with Gasteiger partial charge >= 0.3 is 0 Å². The lowest BCUT2D eigenvalue weighted by Gasteiger charge is -2.14. The predicted molar refractivity (Wildman–Crippen MR) is 107 cm³/mol. The van der Waals surface area contributed by atoms with E-state index in [0.717, 1.165) is 11.1 Å². The van der Waals surface area contributed by atoms with E-state index in [4.69, 9.17) is 14.7 Å². The standard InChI is InChI=1S/C20H20O5.C2H6/c1-14(4-5-15(2)23-3)16-6-8-17(9-7-16)20(21)24-18-10-12-19(25-22)13-11-18;1-2/h4-13,20-22H,1-2H2,3H3;1-2H3/b5-4-;. The minimum atomic E-state index is -1.12. The maximum Gasteiger partial charge on any atom is 0.224 e. The Morgan fingerprint density at radius 3 is 2.00 bits per heavy atom. The maximum atomic E-state index is 10.2. The van der Waals surface area contributed by atoms with Crippen molar-refractivity contribution in [3.8, 4) is 11.5 Å². The first kappa shape index (κ1) is 22.0. The third-order valence-corrected chi connectivity index (χ3v) is 3.48. The van der Waals surface area contributed by atoms with Crippen molar-refractivity contribution in [2.24, 2.45) is 0 Å². The Kier molecular flexibility index (Phi) is 9.43. The summed E-state index contributed by atoms with van der Waals surface area (Å²) in [5.74, 6) is 1.27. The second kappa shape index (κ2) is 11.6. The normalized spacial score (nSPS) is 11.1. The molecule has 0 aliphatic rings. The molecule has 0 saturated carbocycles. The molecular formula is C22H26O5. The Balaban J connectivity index is 0.00000176. The van der Waals surface area contributed by atoms with Gasteiger partial charge in [-0.1, -0.05) is 57.3 Å². The van der Waals surface area contributed by atoms with Crippen molar-refractivity contribution in [1.29, 1.82) is 0 Å². The first-order chi connectivity index (χ1) is 13.0. The molecule has 27 heavy (non-hydrogen) atoms. The predicted octanol–water partition coefficient (Wildman–Crippen LogP) is 5.36. The van der Waals surface area contributed by atoms with Crippen LogP contribution in [-0.4, -0.2) is 17.5 Å². The van der Waals surface area contributed by atoms with Crippen LogP contribution < -0.4 is 9.62 Å². The number of hydrogen-bond acceptors (Lipinski definition) is 5. The van der Waals surface area contributed by atoms with Crippen LogP contribution in [0.15, 0.2) is 79.6 Å². The highest BCUT2D eigenvalue weighted by Crippen LogP contribution is 2.24. The molecule has 0 fully saturated rings. The van der Waals surface area contributed by atoms with E-state index in [2.05, 4.69) is 18.0 Å². The maximum absolute atomic E-state index is 10.2. The van der Waals surface area contributed by atoms with Gasteiger partial charge in [0.1, 0.15) is 11.5 Å². The van der Waals surface area contributed by atoms with Gasteiger partial charge in [0.25, 0.3) is 0 Å². The lowest BCUT2D eigenvalue weighted by atomic mass is 10.0. The highest BCUT2D eigenvalue weighted by Gasteiger charge is 2.10. The number of rotatable bonds is 8. The average molecular weight is 370 g/mol. The van der Waals surface area contributed by atoms with Crippen LogP contribution in [0.3, 0.4) is 0 Å². The van der Waals surface area contributed by atoms with Crippen molar-refractivity contribution in [2.45, 2.75) is 20.1 Å². The summed E-state index contributed by atoms with van der Waals surface area (Å²) in [5.41, 5.74) is 2.30. The fraction of sp³-hybridized carbons (Fsp3) is 0.182. The lowest BCUT2D eigenvalue weighted by molar-refractivity contribution is -0.137. The Hall–Kier alpha value is -3.02. The lowest BCUT2D eigenvalue weighted by Crippen LogP contribution is -2.06. The minimum Gasteiger partial charge on any atom is -0.497 e. The third kappa shape index (κ3) is 7.01. The molecule has 0 aliphatic carbocycles. The van der Waals surface area contributed by atoms with Gasteiger partial charge in [-0.05, 0) is 41.5 Å². The van der Waals surface area contributed by atoms with Crippen LogP contribution in [0.2, 0.25) is 0 Å². The van der Waals surface area contributed by atoms with Gasteiger partial charge in [-0.2, -0.15) is 0 Å². The van der Waals surface area contributed by atoms with Crippen molar-refractivity contribution in [2.75, 3.05) is 7.11 Å². The van der Waals surface area contributed by atoms with Crippen LogP contribution in [0.1, 0.15) is 31.3 Å². The van der Waals surface area contributed by atoms with Gasteiger partial charge in [-0.3, -0.25) is 0 Å². The van der Waals surface area contributed by atoms with E-state index in [0.29, 0.717) is 17.1 Å². The van der Waals surface area contributed by atoms with Crippen LogP contribution in [0, 0.1) is 0 Å². The van der Waals surface area contributed by atoms with Gasteiger partial charge in [0.05, 0.1) is 7.11 Å². The molecule has 0 spiro atoms. The summed E-state index contributed by atoms with van der Waals surface area (Å²) in [6.07, 6.45) is 2.42. The molecule has 2 rings (SSSR count). The molecule has 1 unspecified atom stereocenters. The monoisotopic (exact) mass is 370 g/mol. The molecule has 2 aromatic rings.